The predicted octanol–water partition coefficient (Wildman–Crippen LogP) is 1.60. The molecule has 2 amide bonds. The molecule has 0 bridgehead atoms. The number of likely N-dealkylation sites (N-methyl/N-ethyl adjacent to an activating group) is 1. The normalized spacial score (nSPS) is 16.8. The van der Waals surface area contributed by atoms with Crippen LogP contribution in [0, 0.1) is 0 Å². The van der Waals surface area contributed by atoms with Crippen molar-refractivity contribution in [3.05, 3.63) is 64.7 Å². The van der Waals surface area contributed by atoms with Crippen molar-refractivity contribution < 1.29 is 28.7 Å². The van der Waals surface area contributed by atoms with Gasteiger partial charge in [0.2, 0.25) is 5.54 Å². The predicted molar refractivity (Wildman–Crippen MR) is 120 cm³/mol. The lowest BCUT2D eigenvalue weighted by Gasteiger charge is -2.33. The van der Waals surface area contributed by atoms with Crippen molar-refractivity contribution in [2.45, 2.75) is 18.9 Å². The number of carbonyl (C=O) groups is 4. The van der Waals surface area contributed by atoms with Gasteiger partial charge in [0.05, 0.1) is 18.6 Å². The third-order valence-corrected chi connectivity index (χ3v) is 5.64. The molecule has 3 rings (SSSR count). The molecule has 33 heavy (non-hydrogen) atoms. The fourth-order valence-electron chi connectivity index (χ4n) is 3.84. The summed E-state index contributed by atoms with van der Waals surface area (Å²) < 4.78 is 10.7. The van der Waals surface area contributed by atoms with Crippen LogP contribution in [-0.4, -0.2) is 67.9 Å². The summed E-state index contributed by atoms with van der Waals surface area (Å²) in [5, 5.41) is 0. The summed E-state index contributed by atoms with van der Waals surface area (Å²) in [5.41, 5.74) is 6.22. The summed E-state index contributed by atoms with van der Waals surface area (Å²) >= 11 is 0. The molecule has 1 atom stereocenters. The molecule has 1 aliphatic heterocycles. The molecule has 2 N–H and O–H groups in total. The van der Waals surface area contributed by atoms with Crippen molar-refractivity contribution in [3.8, 4) is 0 Å². The number of nitrogens with zero attached hydrogens (tertiary/aromatic N) is 2. The highest BCUT2D eigenvalue weighted by Crippen LogP contribution is 2.39. The lowest BCUT2D eigenvalue weighted by molar-refractivity contribution is -0.163. The minimum Gasteiger partial charge on any atom is -0.464 e. The molecule has 0 aromatic heterocycles. The lowest BCUT2D eigenvalue weighted by atomic mass is 9.90. The van der Waals surface area contributed by atoms with Crippen molar-refractivity contribution in [1.29, 1.82) is 0 Å². The van der Waals surface area contributed by atoms with E-state index < -0.39 is 24.1 Å². The quantitative estimate of drug-likeness (QED) is 0.500. The molecule has 9 nitrogen and oxygen atoms in total. The average Bonchev–Trinajstić information content (AvgIpc) is 3.01. The summed E-state index contributed by atoms with van der Waals surface area (Å²) in [6.07, 6.45) is -0.147. The number of esters is 2. The van der Waals surface area contributed by atoms with Gasteiger partial charge in [-0.15, -0.1) is 0 Å². The molecule has 2 aromatic carbocycles. The Balaban J connectivity index is 1.84. The highest BCUT2D eigenvalue weighted by atomic mass is 16.6. The van der Waals surface area contributed by atoms with E-state index in [1.807, 2.05) is 0 Å². The molecular formula is C24H27N3O6. The Hall–Kier alpha value is -3.88. The Bertz CT molecular complexity index is 1110. The number of nitrogen functional groups attached to an aromatic ring is 1. The topological polar surface area (TPSA) is 119 Å². The molecule has 1 aliphatic rings. The van der Waals surface area contributed by atoms with Gasteiger partial charge < -0.3 is 25.0 Å². The van der Waals surface area contributed by atoms with Gasteiger partial charge >= 0.3 is 11.9 Å². The Morgan fingerprint density at radius 2 is 1.79 bits per heavy atom. The van der Waals surface area contributed by atoms with Crippen LogP contribution >= 0.6 is 0 Å². The van der Waals surface area contributed by atoms with E-state index in [1.54, 1.807) is 63.5 Å². The molecule has 9 heteroatoms. The zero-order valence-corrected chi connectivity index (χ0v) is 19.1. The van der Waals surface area contributed by atoms with Crippen molar-refractivity contribution >= 4 is 29.4 Å². The zero-order chi connectivity index (χ0) is 24.3. The number of anilines is 1. The van der Waals surface area contributed by atoms with Crippen LogP contribution in [0.3, 0.4) is 0 Å². The van der Waals surface area contributed by atoms with Gasteiger partial charge in [-0.3, -0.25) is 14.4 Å². The molecule has 0 saturated heterocycles. The molecule has 1 unspecified atom stereocenters. The minimum absolute atomic E-state index is 0.104. The van der Waals surface area contributed by atoms with E-state index in [9.17, 15) is 19.2 Å². The average molecular weight is 453 g/mol. The third-order valence-electron chi connectivity index (χ3n) is 5.64. The second kappa shape index (κ2) is 9.32. The van der Waals surface area contributed by atoms with E-state index in [4.69, 9.17) is 15.2 Å². The van der Waals surface area contributed by atoms with Gasteiger partial charge in [-0.25, -0.2) is 4.79 Å². The zero-order valence-electron chi connectivity index (χ0n) is 19.1. The summed E-state index contributed by atoms with van der Waals surface area (Å²) in [6.45, 7) is 1.36. The molecular weight excluding hydrogens is 426 g/mol. The van der Waals surface area contributed by atoms with Crippen molar-refractivity contribution in [2.75, 3.05) is 40.1 Å². The molecule has 0 radical (unpaired) electrons. The number of nitrogens with two attached hydrogens (primary N) is 1. The highest BCUT2D eigenvalue weighted by molar-refractivity contribution is 6.06. The van der Waals surface area contributed by atoms with Crippen LogP contribution in [-0.2, 0) is 31.0 Å². The van der Waals surface area contributed by atoms with E-state index in [0.29, 0.717) is 22.4 Å². The fraction of sp³-hybridized carbons (Fsp3) is 0.333. The van der Waals surface area contributed by atoms with Crippen molar-refractivity contribution in [2.24, 2.45) is 0 Å². The van der Waals surface area contributed by atoms with E-state index in [0.717, 1.165) is 0 Å². The molecule has 0 spiro atoms. The number of carbonyl (C=O) groups excluding carboxylic acids is 4. The van der Waals surface area contributed by atoms with Crippen molar-refractivity contribution in [3.63, 3.8) is 0 Å². The van der Waals surface area contributed by atoms with E-state index in [2.05, 4.69) is 0 Å². The van der Waals surface area contributed by atoms with Crippen molar-refractivity contribution in [1.82, 2.24) is 9.80 Å². The van der Waals surface area contributed by atoms with Gasteiger partial charge in [0.1, 0.15) is 6.61 Å². The Labute approximate surface area is 192 Å². The second-order valence-electron chi connectivity index (χ2n) is 7.95. The van der Waals surface area contributed by atoms with Gasteiger partial charge in [0, 0.05) is 38.0 Å². The number of fused-ring (bicyclic) bond motifs is 1. The summed E-state index contributed by atoms with van der Waals surface area (Å²) in [4.78, 5) is 53.4. The first-order chi connectivity index (χ1) is 15.6. The first-order valence-electron chi connectivity index (χ1n) is 10.4. The van der Waals surface area contributed by atoms with Crippen LogP contribution in [0.2, 0.25) is 0 Å². The van der Waals surface area contributed by atoms with Gasteiger partial charge in [0.15, 0.2) is 0 Å². The SMILES string of the molecule is CCOC(=O)C1(COC(=O)Cc2ccc(N)c(C(=O)N(C)C)c2)c2ccccc2C(=O)N1C. The molecule has 0 aliphatic carbocycles. The Morgan fingerprint density at radius 1 is 1.09 bits per heavy atom. The Kier molecular flexibility index (Phi) is 6.71. The van der Waals surface area contributed by atoms with E-state index >= 15 is 0 Å². The van der Waals surface area contributed by atoms with Crippen LogP contribution < -0.4 is 5.73 Å². The van der Waals surface area contributed by atoms with Gasteiger partial charge in [-0.2, -0.15) is 0 Å². The van der Waals surface area contributed by atoms with Gasteiger partial charge in [0.25, 0.3) is 11.8 Å². The molecule has 0 fully saturated rings. The highest BCUT2D eigenvalue weighted by Gasteiger charge is 2.55. The van der Waals surface area contributed by atoms with Crippen LogP contribution in [0.5, 0.6) is 0 Å². The number of hydrogen-bond donors (Lipinski definition) is 1. The molecule has 2 aromatic rings. The lowest BCUT2D eigenvalue weighted by Crippen LogP contribution is -2.52. The first-order valence-corrected chi connectivity index (χ1v) is 10.4. The number of benzene rings is 2. The third kappa shape index (κ3) is 4.26. The fourth-order valence-corrected chi connectivity index (χ4v) is 3.84. The number of ether oxygens (including phenoxy) is 2. The summed E-state index contributed by atoms with van der Waals surface area (Å²) in [7, 11) is 4.69. The maximum Gasteiger partial charge on any atom is 0.340 e. The van der Waals surface area contributed by atoms with E-state index in [1.165, 1.54) is 16.8 Å². The monoisotopic (exact) mass is 453 g/mol. The number of amides is 2. The maximum absolute atomic E-state index is 13.0. The van der Waals surface area contributed by atoms with Crippen LogP contribution in [0.25, 0.3) is 0 Å². The maximum atomic E-state index is 13.0. The first kappa shape index (κ1) is 23.8. The smallest absolute Gasteiger partial charge is 0.340 e. The standard InChI is InChI=1S/C24H27N3O6/c1-5-32-23(31)24(18-9-7-6-8-16(18)22(30)27(24)4)14-33-20(28)13-15-10-11-19(25)17(12-15)21(29)26(2)3/h6-12H,5,13-14,25H2,1-4H3. The summed E-state index contributed by atoms with van der Waals surface area (Å²) in [6, 6.07) is 11.4. The molecule has 1 heterocycles. The largest absolute Gasteiger partial charge is 0.464 e. The van der Waals surface area contributed by atoms with Crippen LogP contribution in [0.4, 0.5) is 5.69 Å². The Morgan fingerprint density at radius 3 is 2.45 bits per heavy atom. The van der Waals surface area contributed by atoms with Gasteiger partial charge in [-0.1, -0.05) is 24.3 Å². The molecule has 0 saturated carbocycles. The van der Waals surface area contributed by atoms with Gasteiger partial charge in [-0.05, 0) is 30.7 Å². The van der Waals surface area contributed by atoms with E-state index in [-0.39, 0.29) is 30.4 Å². The number of hydrogen-bond acceptors (Lipinski definition) is 7. The second-order valence-corrected chi connectivity index (χ2v) is 7.95. The van der Waals surface area contributed by atoms with Crippen LogP contribution in [0.15, 0.2) is 42.5 Å². The molecule has 174 valence electrons. The summed E-state index contributed by atoms with van der Waals surface area (Å²) in [5.74, 6) is -1.95. The van der Waals surface area contributed by atoms with Crippen LogP contribution in [0.1, 0.15) is 38.8 Å². The minimum atomic E-state index is -1.58. The number of rotatable bonds is 7.